The molecular weight excluding hydrogens is 280 g/mol. The summed E-state index contributed by atoms with van der Waals surface area (Å²) in [6.45, 7) is 16.4. The van der Waals surface area contributed by atoms with Gasteiger partial charge in [-0.3, -0.25) is 4.79 Å². The van der Waals surface area contributed by atoms with E-state index in [1.54, 1.807) is 13.8 Å². The summed E-state index contributed by atoms with van der Waals surface area (Å²) in [7, 11) is -1.93. The summed E-state index contributed by atoms with van der Waals surface area (Å²) in [4.78, 5) is 11.5. The van der Waals surface area contributed by atoms with Gasteiger partial charge >= 0.3 is 5.97 Å². The molecule has 0 atom stereocenters. The SMILES string of the molecule is Cc1cc(O[Si](C)(C)C(C)(C)C)cc(C(C)(C)C(=O)O)c1. The third-order valence-corrected chi connectivity index (χ3v) is 8.84. The fourth-order valence-corrected chi connectivity index (χ4v) is 2.75. The van der Waals surface area contributed by atoms with Crippen molar-refractivity contribution in [1.82, 2.24) is 0 Å². The molecule has 1 aromatic carbocycles. The van der Waals surface area contributed by atoms with Crippen molar-refractivity contribution in [2.45, 2.75) is 65.1 Å². The predicted molar refractivity (Wildman–Crippen MR) is 89.7 cm³/mol. The van der Waals surface area contributed by atoms with Crippen molar-refractivity contribution in [1.29, 1.82) is 0 Å². The molecule has 0 aromatic heterocycles. The molecule has 1 aromatic rings. The molecule has 1 rings (SSSR count). The van der Waals surface area contributed by atoms with Crippen LogP contribution in [0.3, 0.4) is 0 Å². The van der Waals surface area contributed by atoms with Gasteiger partial charge in [-0.1, -0.05) is 26.8 Å². The van der Waals surface area contributed by atoms with Gasteiger partial charge in [0.1, 0.15) is 5.75 Å². The van der Waals surface area contributed by atoms with Gasteiger partial charge in [-0.25, -0.2) is 0 Å². The highest BCUT2D eigenvalue weighted by Crippen LogP contribution is 2.38. The van der Waals surface area contributed by atoms with Crippen LogP contribution in [-0.4, -0.2) is 19.4 Å². The van der Waals surface area contributed by atoms with Crippen molar-refractivity contribution in [2.24, 2.45) is 0 Å². The minimum absolute atomic E-state index is 0.110. The van der Waals surface area contributed by atoms with Gasteiger partial charge in [0.2, 0.25) is 8.32 Å². The largest absolute Gasteiger partial charge is 0.543 e. The average molecular weight is 308 g/mol. The highest BCUT2D eigenvalue weighted by atomic mass is 28.4. The average Bonchev–Trinajstić information content (AvgIpc) is 2.25. The van der Waals surface area contributed by atoms with Gasteiger partial charge in [0.25, 0.3) is 0 Å². The lowest BCUT2D eigenvalue weighted by Gasteiger charge is -2.37. The molecule has 0 heterocycles. The summed E-state index contributed by atoms with van der Waals surface area (Å²) in [5, 5.41) is 9.52. The lowest BCUT2D eigenvalue weighted by Crippen LogP contribution is -2.44. The molecule has 0 amide bonds. The van der Waals surface area contributed by atoms with E-state index in [1.807, 2.05) is 25.1 Å². The van der Waals surface area contributed by atoms with Crippen LogP contribution in [0, 0.1) is 6.92 Å². The molecule has 0 aliphatic heterocycles. The monoisotopic (exact) mass is 308 g/mol. The molecule has 0 aliphatic carbocycles. The summed E-state index contributed by atoms with van der Waals surface area (Å²) in [6, 6.07) is 5.79. The normalized spacial score (nSPS) is 13.1. The van der Waals surface area contributed by atoms with Gasteiger partial charge in [-0.2, -0.15) is 0 Å². The molecule has 0 bridgehead atoms. The second-order valence-electron chi connectivity index (χ2n) is 7.83. The topological polar surface area (TPSA) is 46.5 Å². The number of carboxylic acids is 1. The summed E-state index contributed by atoms with van der Waals surface area (Å²) in [5.41, 5.74) is 0.886. The van der Waals surface area contributed by atoms with E-state index >= 15 is 0 Å². The molecule has 21 heavy (non-hydrogen) atoms. The first-order valence-electron chi connectivity index (χ1n) is 7.32. The standard InChI is InChI=1S/C17H28O3Si/c1-12-9-13(17(5,6)15(18)19)11-14(10-12)20-21(7,8)16(2,3)4/h9-11H,1-8H3,(H,18,19). The van der Waals surface area contributed by atoms with Crippen LogP contribution in [0.4, 0.5) is 0 Å². The molecule has 0 saturated carbocycles. The zero-order chi connectivity index (χ0) is 16.6. The lowest BCUT2D eigenvalue weighted by atomic mass is 9.84. The van der Waals surface area contributed by atoms with Crippen LogP contribution in [0.1, 0.15) is 45.7 Å². The van der Waals surface area contributed by atoms with Gasteiger partial charge in [0.05, 0.1) is 5.41 Å². The molecule has 0 radical (unpaired) electrons. The van der Waals surface area contributed by atoms with E-state index < -0.39 is 19.7 Å². The zero-order valence-electron chi connectivity index (χ0n) is 14.5. The smallest absolute Gasteiger partial charge is 0.313 e. The Morgan fingerprint density at radius 2 is 1.62 bits per heavy atom. The maximum absolute atomic E-state index is 11.5. The van der Waals surface area contributed by atoms with Crippen molar-refractivity contribution >= 4 is 14.3 Å². The molecule has 118 valence electrons. The van der Waals surface area contributed by atoms with Crippen LogP contribution in [0.2, 0.25) is 18.1 Å². The molecule has 4 heteroatoms. The van der Waals surface area contributed by atoms with Gasteiger partial charge in [0.15, 0.2) is 0 Å². The Morgan fingerprint density at radius 1 is 1.10 bits per heavy atom. The van der Waals surface area contributed by atoms with Gasteiger partial charge in [-0.05, 0) is 62.2 Å². The predicted octanol–water partition coefficient (Wildman–Crippen LogP) is 4.74. The van der Waals surface area contributed by atoms with Crippen molar-refractivity contribution < 1.29 is 14.3 Å². The first-order valence-corrected chi connectivity index (χ1v) is 10.2. The minimum Gasteiger partial charge on any atom is -0.543 e. The summed E-state index contributed by atoms with van der Waals surface area (Å²) < 4.78 is 6.31. The fourth-order valence-electron chi connectivity index (χ4n) is 1.74. The summed E-state index contributed by atoms with van der Waals surface area (Å²) >= 11 is 0. The molecule has 3 nitrogen and oxygen atoms in total. The number of carboxylic acid groups (broad SMARTS) is 1. The van der Waals surface area contributed by atoms with Crippen LogP contribution in [0.15, 0.2) is 18.2 Å². The number of hydrogen-bond acceptors (Lipinski definition) is 2. The number of carbonyl (C=O) groups is 1. The van der Waals surface area contributed by atoms with Crippen LogP contribution < -0.4 is 4.43 Å². The second-order valence-corrected chi connectivity index (χ2v) is 12.6. The lowest BCUT2D eigenvalue weighted by molar-refractivity contribution is -0.142. The quantitative estimate of drug-likeness (QED) is 0.817. The molecule has 0 aliphatic rings. The fraction of sp³-hybridized carbons (Fsp3) is 0.588. The maximum atomic E-state index is 11.5. The van der Waals surface area contributed by atoms with Crippen molar-refractivity contribution in [3.63, 3.8) is 0 Å². The Bertz CT molecular complexity index is 539. The Hall–Kier alpha value is -1.29. The first-order chi connectivity index (χ1) is 9.27. The van der Waals surface area contributed by atoms with Crippen LogP contribution in [-0.2, 0) is 10.2 Å². The van der Waals surface area contributed by atoms with E-state index in [1.165, 1.54) is 0 Å². The van der Waals surface area contributed by atoms with Crippen LogP contribution in [0.5, 0.6) is 5.75 Å². The third-order valence-electron chi connectivity index (χ3n) is 4.49. The minimum atomic E-state index is -1.93. The highest BCUT2D eigenvalue weighted by Gasteiger charge is 2.39. The molecule has 0 fully saturated rings. The molecule has 0 unspecified atom stereocenters. The van der Waals surface area contributed by atoms with Gasteiger partial charge < -0.3 is 9.53 Å². The molecule has 0 spiro atoms. The van der Waals surface area contributed by atoms with Gasteiger partial charge in [0, 0.05) is 0 Å². The Labute approximate surface area is 129 Å². The molecule has 1 N–H and O–H groups in total. The van der Waals surface area contributed by atoms with Crippen LogP contribution in [0.25, 0.3) is 0 Å². The van der Waals surface area contributed by atoms with E-state index in [2.05, 4.69) is 33.9 Å². The Morgan fingerprint density at radius 3 is 2.05 bits per heavy atom. The summed E-state index contributed by atoms with van der Waals surface area (Å²) in [5.74, 6) is -0.0442. The number of benzene rings is 1. The number of rotatable bonds is 4. The van der Waals surface area contributed by atoms with Gasteiger partial charge in [-0.15, -0.1) is 0 Å². The zero-order valence-corrected chi connectivity index (χ0v) is 15.5. The number of aryl methyl sites for hydroxylation is 1. The van der Waals surface area contributed by atoms with Crippen molar-refractivity contribution in [3.8, 4) is 5.75 Å². The Kier molecular flexibility index (Phi) is 4.64. The number of aliphatic carboxylic acids is 1. The number of hydrogen-bond donors (Lipinski definition) is 1. The van der Waals surface area contributed by atoms with E-state index in [0.717, 1.165) is 16.9 Å². The second kappa shape index (κ2) is 5.48. The maximum Gasteiger partial charge on any atom is 0.313 e. The van der Waals surface area contributed by atoms with E-state index in [-0.39, 0.29) is 5.04 Å². The Balaban J connectivity index is 3.24. The third kappa shape index (κ3) is 3.88. The highest BCUT2D eigenvalue weighted by molar-refractivity contribution is 6.74. The van der Waals surface area contributed by atoms with Crippen molar-refractivity contribution in [2.75, 3.05) is 0 Å². The first kappa shape index (κ1) is 17.8. The van der Waals surface area contributed by atoms with E-state index in [4.69, 9.17) is 4.43 Å². The van der Waals surface area contributed by atoms with E-state index in [0.29, 0.717) is 0 Å². The van der Waals surface area contributed by atoms with Crippen LogP contribution >= 0.6 is 0 Å². The molecular formula is C17H28O3Si. The molecule has 0 saturated heterocycles. The van der Waals surface area contributed by atoms with Crippen molar-refractivity contribution in [3.05, 3.63) is 29.3 Å². The van der Waals surface area contributed by atoms with E-state index in [9.17, 15) is 9.90 Å². The summed E-state index contributed by atoms with van der Waals surface area (Å²) in [6.07, 6.45) is 0.